The number of aromatic nitrogens is 2. The average molecular weight is 477 g/mol. The quantitative estimate of drug-likeness (QED) is 0.534. The lowest BCUT2D eigenvalue weighted by Crippen LogP contribution is -2.38. The second-order valence-corrected chi connectivity index (χ2v) is 8.94. The van der Waals surface area contributed by atoms with Crippen molar-refractivity contribution in [1.82, 2.24) is 15.3 Å². The van der Waals surface area contributed by atoms with Gasteiger partial charge in [-0.3, -0.25) is 14.6 Å². The molecule has 2 aromatic heterocycles. The van der Waals surface area contributed by atoms with Gasteiger partial charge in [0.15, 0.2) is 6.61 Å². The van der Waals surface area contributed by atoms with Crippen LogP contribution in [0, 0.1) is 5.92 Å². The van der Waals surface area contributed by atoms with Crippen LogP contribution in [-0.2, 0) is 4.79 Å². The van der Waals surface area contributed by atoms with Crippen molar-refractivity contribution in [1.29, 1.82) is 0 Å². The third-order valence-corrected chi connectivity index (χ3v) is 6.55. The van der Waals surface area contributed by atoms with Crippen LogP contribution in [0.4, 0.5) is 5.69 Å². The topological polar surface area (TPSA) is 112 Å². The minimum atomic E-state index is -0.217. The maximum atomic E-state index is 12.7. The highest BCUT2D eigenvalue weighted by Gasteiger charge is 2.24. The number of carbonyl (C=O) groups excluding carboxylic acids is 2. The Morgan fingerprint density at radius 1 is 1.14 bits per heavy atom. The Labute approximate surface area is 203 Å². The van der Waals surface area contributed by atoms with Gasteiger partial charge in [0.1, 0.15) is 11.5 Å². The van der Waals surface area contributed by atoms with Gasteiger partial charge in [0.25, 0.3) is 11.8 Å². The summed E-state index contributed by atoms with van der Waals surface area (Å²) in [5.41, 5.74) is 2.59. The first kappa shape index (κ1) is 22.9. The molecular formula is C26H28N4O5. The Hall–Kier alpha value is -3.88. The van der Waals surface area contributed by atoms with E-state index in [-0.39, 0.29) is 24.5 Å². The number of ether oxygens (including phenoxy) is 3. The number of hydrogen-bond acceptors (Lipinski definition) is 7. The zero-order valence-corrected chi connectivity index (χ0v) is 19.6. The zero-order chi connectivity index (χ0) is 24.2. The molecule has 2 aliphatic rings. The first-order valence-electron chi connectivity index (χ1n) is 11.9. The monoisotopic (exact) mass is 476 g/mol. The molecule has 1 fully saturated rings. The van der Waals surface area contributed by atoms with E-state index in [0.717, 1.165) is 43.1 Å². The summed E-state index contributed by atoms with van der Waals surface area (Å²) in [7, 11) is 1.59. The van der Waals surface area contributed by atoms with E-state index < -0.39 is 0 Å². The second-order valence-electron chi connectivity index (χ2n) is 8.94. The maximum Gasteiger partial charge on any atom is 0.262 e. The molecule has 1 saturated carbocycles. The summed E-state index contributed by atoms with van der Waals surface area (Å²) in [5, 5.41) is 5.87. The van der Waals surface area contributed by atoms with Gasteiger partial charge in [0.2, 0.25) is 5.88 Å². The number of nitrogens with zero attached hydrogens (tertiary/aromatic N) is 2. The number of methoxy groups -OCH3 is 1. The molecule has 3 heterocycles. The Bertz CT molecular complexity index is 1240. The smallest absolute Gasteiger partial charge is 0.262 e. The molecule has 0 unspecified atom stereocenters. The Kier molecular flexibility index (Phi) is 6.65. The van der Waals surface area contributed by atoms with Crippen LogP contribution < -0.4 is 24.8 Å². The molecule has 9 heteroatoms. The standard InChI is InChI=1S/C26H28N4O5/c1-33-25-9-7-20-21(30-25)13-19(14-27-20)34-11-10-16-2-5-18(6-3-16)28-26(32)17-4-8-23-22(12-17)29-24(31)15-35-23/h4,7-9,12-14,16,18H,2-3,5-6,10-11,15H2,1H3,(H,28,32)(H,29,31)/t16-,18-. The van der Waals surface area contributed by atoms with E-state index in [1.54, 1.807) is 37.6 Å². The molecule has 0 radical (unpaired) electrons. The third kappa shape index (κ3) is 5.45. The van der Waals surface area contributed by atoms with Crippen LogP contribution in [0.15, 0.2) is 42.6 Å². The van der Waals surface area contributed by atoms with Crippen molar-refractivity contribution in [3.8, 4) is 17.4 Å². The van der Waals surface area contributed by atoms with E-state index in [1.807, 2.05) is 12.1 Å². The number of anilines is 1. The lowest BCUT2D eigenvalue weighted by atomic mass is 9.84. The lowest BCUT2D eigenvalue weighted by Gasteiger charge is -2.29. The molecule has 0 spiro atoms. The van der Waals surface area contributed by atoms with Crippen molar-refractivity contribution >= 4 is 28.5 Å². The van der Waals surface area contributed by atoms with Crippen LogP contribution in [0.1, 0.15) is 42.5 Å². The number of rotatable bonds is 7. The van der Waals surface area contributed by atoms with Crippen LogP contribution in [0.5, 0.6) is 17.4 Å². The molecular weight excluding hydrogens is 448 g/mol. The van der Waals surface area contributed by atoms with Crippen LogP contribution >= 0.6 is 0 Å². The molecule has 5 rings (SSSR count). The van der Waals surface area contributed by atoms with Gasteiger partial charge < -0.3 is 24.8 Å². The van der Waals surface area contributed by atoms with Gasteiger partial charge >= 0.3 is 0 Å². The summed E-state index contributed by atoms with van der Waals surface area (Å²) in [5.74, 6) is 2.04. The first-order chi connectivity index (χ1) is 17.1. The van der Waals surface area contributed by atoms with Gasteiger partial charge in [-0.1, -0.05) is 0 Å². The summed E-state index contributed by atoms with van der Waals surface area (Å²) in [4.78, 5) is 33.1. The molecule has 182 valence electrons. The molecule has 1 aromatic carbocycles. The number of benzene rings is 1. The molecule has 1 aliphatic heterocycles. The molecule has 3 aromatic rings. The van der Waals surface area contributed by atoms with E-state index in [4.69, 9.17) is 14.2 Å². The number of hydrogen-bond donors (Lipinski definition) is 2. The molecule has 0 saturated heterocycles. The zero-order valence-electron chi connectivity index (χ0n) is 19.6. The largest absolute Gasteiger partial charge is 0.492 e. The van der Waals surface area contributed by atoms with Crippen molar-refractivity contribution < 1.29 is 23.8 Å². The average Bonchev–Trinajstić information content (AvgIpc) is 2.88. The first-order valence-corrected chi connectivity index (χ1v) is 11.9. The van der Waals surface area contributed by atoms with Gasteiger partial charge in [-0.25, -0.2) is 4.98 Å². The van der Waals surface area contributed by atoms with E-state index in [0.29, 0.717) is 41.2 Å². The Morgan fingerprint density at radius 3 is 2.83 bits per heavy atom. The molecule has 0 bridgehead atoms. The highest BCUT2D eigenvalue weighted by atomic mass is 16.5. The van der Waals surface area contributed by atoms with Gasteiger partial charge in [0, 0.05) is 23.7 Å². The summed E-state index contributed by atoms with van der Waals surface area (Å²) in [6.45, 7) is 0.611. The van der Waals surface area contributed by atoms with Crippen LogP contribution in [-0.4, -0.2) is 48.1 Å². The maximum absolute atomic E-state index is 12.7. The minimum Gasteiger partial charge on any atom is -0.492 e. The van der Waals surface area contributed by atoms with E-state index in [1.165, 1.54) is 0 Å². The van der Waals surface area contributed by atoms with Crippen molar-refractivity contribution in [3.05, 3.63) is 48.2 Å². The summed E-state index contributed by atoms with van der Waals surface area (Å²) >= 11 is 0. The van der Waals surface area contributed by atoms with E-state index in [9.17, 15) is 9.59 Å². The normalized spacial score (nSPS) is 19.3. The molecule has 2 N–H and O–H groups in total. The fourth-order valence-electron chi connectivity index (χ4n) is 4.59. The lowest BCUT2D eigenvalue weighted by molar-refractivity contribution is -0.118. The number of fused-ring (bicyclic) bond motifs is 2. The van der Waals surface area contributed by atoms with Gasteiger partial charge in [-0.05, 0) is 62.3 Å². The highest BCUT2D eigenvalue weighted by Crippen LogP contribution is 2.30. The number of amides is 2. The molecule has 35 heavy (non-hydrogen) atoms. The molecule has 9 nitrogen and oxygen atoms in total. The summed E-state index contributed by atoms with van der Waals surface area (Å²) in [6.07, 6.45) is 6.62. The van der Waals surface area contributed by atoms with Crippen LogP contribution in [0.25, 0.3) is 11.0 Å². The number of nitrogens with one attached hydrogen (secondary N) is 2. The second kappa shape index (κ2) is 10.2. The Balaban J connectivity index is 1.07. The summed E-state index contributed by atoms with van der Waals surface area (Å²) in [6, 6.07) is 10.8. The molecule has 2 amide bonds. The molecule has 1 aliphatic carbocycles. The fraction of sp³-hybridized carbons (Fsp3) is 0.385. The summed E-state index contributed by atoms with van der Waals surface area (Å²) < 4.78 is 16.5. The van der Waals surface area contributed by atoms with Crippen LogP contribution in [0.3, 0.4) is 0 Å². The van der Waals surface area contributed by atoms with E-state index in [2.05, 4.69) is 20.6 Å². The highest BCUT2D eigenvalue weighted by molar-refractivity contribution is 5.99. The third-order valence-electron chi connectivity index (χ3n) is 6.55. The molecule has 0 atom stereocenters. The Morgan fingerprint density at radius 2 is 2.00 bits per heavy atom. The SMILES string of the molecule is COc1ccc2ncc(OCC[C@H]3CC[C@H](NC(=O)c4ccc5c(c4)NC(=O)CO5)CC3)cc2n1. The van der Waals surface area contributed by atoms with Crippen molar-refractivity contribution in [3.63, 3.8) is 0 Å². The van der Waals surface area contributed by atoms with Crippen molar-refractivity contribution in [2.45, 2.75) is 38.1 Å². The van der Waals surface area contributed by atoms with Crippen molar-refractivity contribution in [2.75, 3.05) is 25.6 Å². The number of carbonyl (C=O) groups is 2. The predicted octanol–water partition coefficient (Wildman–Crippen LogP) is 3.73. The minimum absolute atomic E-state index is 0.00158. The van der Waals surface area contributed by atoms with Gasteiger partial charge in [-0.2, -0.15) is 0 Å². The number of pyridine rings is 2. The van der Waals surface area contributed by atoms with Crippen molar-refractivity contribution in [2.24, 2.45) is 5.92 Å². The van der Waals surface area contributed by atoms with E-state index >= 15 is 0 Å². The fourth-order valence-corrected chi connectivity index (χ4v) is 4.59. The van der Waals surface area contributed by atoms with Crippen LogP contribution in [0.2, 0.25) is 0 Å². The predicted molar refractivity (Wildman–Crippen MR) is 130 cm³/mol. The van der Waals surface area contributed by atoms with Gasteiger partial charge in [0.05, 0.1) is 36.6 Å². The van der Waals surface area contributed by atoms with Gasteiger partial charge in [-0.15, -0.1) is 0 Å².